The number of aryl methyl sites for hydroxylation is 1. The number of thioether (sulfide) groups is 1. The highest BCUT2D eigenvalue weighted by Gasteiger charge is 2.07. The van der Waals surface area contributed by atoms with Gasteiger partial charge >= 0.3 is 0 Å². The number of anilines is 1. The molecule has 0 bridgehead atoms. The molecular formula is C12H21N3S. The molecule has 0 spiro atoms. The predicted molar refractivity (Wildman–Crippen MR) is 71.6 cm³/mol. The minimum absolute atomic E-state index is 0.648. The van der Waals surface area contributed by atoms with Gasteiger partial charge in [-0.25, -0.2) is 9.97 Å². The Bertz CT molecular complexity index is 327. The van der Waals surface area contributed by atoms with Gasteiger partial charge in [0.15, 0.2) is 0 Å². The van der Waals surface area contributed by atoms with Crippen LogP contribution in [-0.4, -0.2) is 15.7 Å². The van der Waals surface area contributed by atoms with Crippen LogP contribution in [-0.2, 0) is 12.2 Å². The van der Waals surface area contributed by atoms with Gasteiger partial charge < -0.3 is 5.73 Å². The number of hydrogen-bond donors (Lipinski definition) is 1. The maximum atomic E-state index is 5.90. The SMILES string of the molecule is CCc1c(C)nc(CSCC(C)C)nc1N. The van der Waals surface area contributed by atoms with Gasteiger partial charge in [-0.2, -0.15) is 11.8 Å². The van der Waals surface area contributed by atoms with Gasteiger partial charge in [0.25, 0.3) is 0 Å². The second-order valence-corrected chi connectivity index (χ2v) is 5.38. The number of hydrogen-bond acceptors (Lipinski definition) is 4. The number of nitrogens with two attached hydrogens (primary N) is 1. The Kier molecular flexibility index (Phi) is 5.06. The summed E-state index contributed by atoms with van der Waals surface area (Å²) in [5.41, 5.74) is 8.01. The minimum atomic E-state index is 0.648. The van der Waals surface area contributed by atoms with E-state index in [9.17, 15) is 0 Å². The van der Waals surface area contributed by atoms with E-state index in [1.165, 1.54) is 0 Å². The molecule has 0 aliphatic carbocycles. The Labute approximate surface area is 102 Å². The molecule has 1 aromatic rings. The Morgan fingerprint density at radius 3 is 2.50 bits per heavy atom. The van der Waals surface area contributed by atoms with Gasteiger partial charge in [0.1, 0.15) is 11.6 Å². The van der Waals surface area contributed by atoms with Crippen molar-refractivity contribution < 1.29 is 0 Å². The number of nitrogen functional groups attached to an aromatic ring is 1. The van der Waals surface area contributed by atoms with Crippen LogP contribution in [0.2, 0.25) is 0 Å². The van der Waals surface area contributed by atoms with Crippen molar-refractivity contribution >= 4 is 17.6 Å². The molecule has 0 atom stereocenters. The molecule has 0 aromatic carbocycles. The molecule has 1 rings (SSSR count). The average molecular weight is 239 g/mol. The molecule has 90 valence electrons. The van der Waals surface area contributed by atoms with Gasteiger partial charge in [-0.05, 0) is 25.0 Å². The monoisotopic (exact) mass is 239 g/mol. The highest BCUT2D eigenvalue weighted by Crippen LogP contribution is 2.17. The first kappa shape index (κ1) is 13.3. The van der Waals surface area contributed by atoms with E-state index in [0.29, 0.717) is 11.7 Å². The van der Waals surface area contributed by atoms with Crippen molar-refractivity contribution in [1.82, 2.24) is 9.97 Å². The van der Waals surface area contributed by atoms with Crippen molar-refractivity contribution in [2.24, 2.45) is 5.92 Å². The Morgan fingerprint density at radius 1 is 1.31 bits per heavy atom. The van der Waals surface area contributed by atoms with Crippen LogP contribution in [0.3, 0.4) is 0 Å². The van der Waals surface area contributed by atoms with E-state index < -0.39 is 0 Å². The van der Waals surface area contributed by atoms with Crippen LogP contribution < -0.4 is 5.73 Å². The zero-order chi connectivity index (χ0) is 12.1. The molecule has 0 saturated heterocycles. The minimum Gasteiger partial charge on any atom is -0.383 e. The van der Waals surface area contributed by atoms with Crippen LogP contribution in [0.25, 0.3) is 0 Å². The van der Waals surface area contributed by atoms with Crippen molar-refractivity contribution in [1.29, 1.82) is 0 Å². The number of aromatic nitrogens is 2. The van der Waals surface area contributed by atoms with Crippen molar-refractivity contribution in [2.75, 3.05) is 11.5 Å². The van der Waals surface area contributed by atoms with Gasteiger partial charge in [0.2, 0.25) is 0 Å². The summed E-state index contributed by atoms with van der Waals surface area (Å²) in [6, 6.07) is 0. The molecule has 0 saturated carbocycles. The lowest BCUT2D eigenvalue weighted by molar-refractivity contribution is 0.749. The summed E-state index contributed by atoms with van der Waals surface area (Å²) in [7, 11) is 0. The molecule has 0 aliphatic rings. The van der Waals surface area contributed by atoms with Crippen molar-refractivity contribution in [3.05, 3.63) is 17.1 Å². The number of nitrogens with zero attached hydrogens (tertiary/aromatic N) is 2. The van der Waals surface area contributed by atoms with E-state index in [2.05, 4.69) is 30.7 Å². The topological polar surface area (TPSA) is 51.8 Å². The summed E-state index contributed by atoms with van der Waals surface area (Å²) in [5, 5.41) is 0. The van der Waals surface area contributed by atoms with Gasteiger partial charge in [0.05, 0.1) is 5.75 Å². The summed E-state index contributed by atoms with van der Waals surface area (Å²) in [6.07, 6.45) is 0.900. The van der Waals surface area contributed by atoms with Gasteiger partial charge in [-0.1, -0.05) is 20.8 Å². The molecule has 0 amide bonds. The Morgan fingerprint density at radius 2 is 2.00 bits per heavy atom. The third kappa shape index (κ3) is 3.67. The van der Waals surface area contributed by atoms with Gasteiger partial charge in [0, 0.05) is 11.3 Å². The lowest BCUT2D eigenvalue weighted by Gasteiger charge is -2.09. The molecule has 0 fully saturated rings. The summed E-state index contributed by atoms with van der Waals surface area (Å²) in [5.74, 6) is 4.21. The zero-order valence-corrected chi connectivity index (χ0v) is 11.4. The van der Waals surface area contributed by atoms with E-state index in [-0.39, 0.29) is 0 Å². The second kappa shape index (κ2) is 6.09. The summed E-state index contributed by atoms with van der Waals surface area (Å²) >= 11 is 1.86. The van der Waals surface area contributed by atoms with Crippen LogP contribution in [0.15, 0.2) is 0 Å². The third-order valence-electron chi connectivity index (χ3n) is 2.33. The Hall–Kier alpha value is -0.770. The summed E-state index contributed by atoms with van der Waals surface area (Å²) in [6.45, 7) is 8.52. The summed E-state index contributed by atoms with van der Waals surface area (Å²) < 4.78 is 0. The van der Waals surface area contributed by atoms with E-state index in [4.69, 9.17) is 5.73 Å². The maximum absolute atomic E-state index is 5.90. The molecule has 2 N–H and O–H groups in total. The normalized spacial score (nSPS) is 11.1. The first-order valence-corrected chi connectivity index (χ1v) is 6.89. The van der Waals surface area contributed by atoms with Crippen LogP contribution in [0, 0.1) is 12.8 Å². The zero-order valence-electron chi connectivity index (χ0n) is 10.6. The molecule has 4 heteroatoms. The van der Waals surface area contributed by atoms with E-state index in [1.54, 1.807) is 0 Å². The molecule has 1 heterocycles. The fraction of sp³-hybridized carbons (Fsp3) is 0.667. The lowest BCUT2D eigenvalue weighted by Crippen LogP contribution is -2.06. The molecule has 0 unspecified atom stereocenters. The molecule has 0 aliphatic heterocycles. The lowest BCUT2D eigenvalue weighted by atomic mass is 10.2. The quantitative estimate of drug-likeness (QED) is 0.858. The largest absolute Gasteiger partial charge is 0.383 e. The first-order chi connectivity index (χ1) is 7.54. The molecule has 1 aromatic heterocycles. The second-order valence-electron chi connectivity index (χ2n) is 4.35. The third-order valence-corrected chi connectivity index (χ3v) is 3.69. The predicted octanol–water partition coefficient (Wildman–Crippen LogP) is 2.82. The Balaban J connectivity index is 2.68. The first-order valence-electron chi connectivity index (χ1n) is 5.74. The van der Waals surface area contributed by atoms with E-state index >= 15 is 0 Å². The van der Waals surface area contributed by atoms with E-state index in [1.807, 2.05) is 18.7 Å². The van der Waals surface area contributed by atoms with Crippen molar-refractivity contribution in [3.63, 3.8) is 0 Å². The van der Waals surface area contributed by atoms with Crippen LogP contribution >= 0.6 is 11.8 Å². The van der Waals surface area contributed by atoms with Crippen LogP contribution in [0.4, 0.5) is 5.82 Å². The fourth-order valence-electron chi connectivity index (χ4n) is 1.57. The average Bonchev–Trinajstić information content (AvgIpc) is 2.16. The standard InChI is InChI=1S/C12H21N3S/c1-5-10-9(4)14-11(15-12(10)13)7-16-6-8(2)3/h8H,5-7H2,1-4H3,(H2,13,14,15). The molecule has 16 heavy (non-hydrogen) atoms. The van der Waals surface area contributed by atoms with Crippen LogP contribution in [0.5, 0.6) is 0 Å². The molecule has 3 nitrogen and oxygen atoms in total. The smallest absolute Gasteiger partial charge is 0.140 e. The van der Waals surface area contributed by atoms with Gasteiger partial charge in [-0.3, -0.25) is 0 Å². The number of rotatable bonds is 5. The highest BCUT2D eigenvalue weighted by molar-refractivity contribution is 7.98. The maximum Gasteiger partial charge on any atom is 0.140 e. The van der Waals surface area contributed by atoms with Crippen LogP contribution in [0.1, 0.15) is 37.9 Å². The molecular weight excluding hydrogens is 218 g/mol. The van der Waals surface area contributed by atoms with Gasteiger partial charge in [-0.15, -0.1) is 0 Å². The van der Waals surface area contributed by atoms with E-state index in [0.717, 1.165) is 35.0 Å². The fourth-order valence-corrected chi connectivity index (χ4v) is 2.47. The molecule has 0 radical (unpaired) electrons. The highest BCUT2D eigenvalue weighted by atomic mass is 32.2. The van der Waals surface area contributed by atoms with Crippen molar-refractivity contribution in [2.45, 2.75) is 39.9 Å². The van der Waals surface area contributed by atoms with Crippen molar-refractivity contribution in [3.8, 4) is 0 Å². The summed E-state index contributed by atoms with van der Waals surface area (Å²) in [4.78, 5) is 8.84.